The highest BCUT2D eigenvalue weighted by atomic mass is 32.1. The van der Waals surface area contributed by atoms with Gasteiger partial charge in [-0.25, -0.2) is 8.78 Å². The lowest BCUT2D eigenvalue weighted by molar-refractivity contribution is -0.142. The van der Waals surface area contributed by atoms with Crippen molar-refractivity contribution in [1.82, 2.24) is 25.8 Å². The normalized spacial score (nSPS) is 21.5. The maximum Gasteiger partial charge on any atom is 0.307 e. The van der Waals surface area contributed by atoms with Crippen LogP contribution < -0.4 is 16.0 Å². The third kappa shape index (κ3) is 8.85. The average Bonchev–Trinajstić information content (AvgIpc) is 3.74. The van der Waals surface area contributed by atoms with Crippen molar-refractivity contribution >= 4 is 53.9 Å². The van der Waals surface area contributed by atoms with E-state index < -0.39 is 78.3 Å². The Hall–Kier alpha value is -4.59. The van der Waals surface area contributed by atoms with Crippen molar-refractivity contribution in [2.24, 2.45) is 11.8 Å². The topological polar surface area (TPSA) is 206 Å². The summed E-state index contributed by atoms with van der Waals surface area (Å²) < 4.78 is 27.7. The van der Waals surface area contributed by atoms with Crippen molar-refractivity contribution in [1.29, 1.82) is 5.26 Å². The van der Waals surface area contributed by atoms with Gasteiger partial charge in [-0.1, -0.05) is 12.1 Å². The van der Waals surface area contributed by atoms with E-state index in [1.165, 1.54) is 4.90 Å². The quantitative estimate of drug-likeness (QED) is 0.135. The van der Waals surface area contributed by atoms with Crippen molar-refractivity contribution in [3.8, 4) is 6.07 Å². The van der Waals surface area contributed by atoms with E-state index in [0.29, 0.717) is 11.1 Å². The molecule has 3 heterocycles. The number of thiol groups is 1. The summed E-state index contributed by atoms with van der Waals surface area (Å²) in [4.78, 5) is 89.0. The van der Waals surface area contributed by atoms with E-state index >= 15 is 0 Å². The monoisotopic (exact) mass is 690 g/mol. The smallest absolute Gasteiger partial charge is 0.307 e. The van der Waals surface area contributed by atoms with Gasteiger partial charge in [0, 0.05) is 75.5 Å². The molecular weight excluding hydrogens is 654 g/mol. The minimum Gasteiger partial charge on any atom is -0.481 e. The fraction of sp³-hybridized carbons (Fsp3) is 0.548. The molecule has 3 aliphatic rings. The number of likely N-dealkylation sites (tertiary alicyclic amines) is 1. The Morgan fingerprint density at radius 3 is 2.54 bits per heavy atom. The number of Topliss-reactive ketones (excluding diaryl/α,β-unsaturated/α-hetero) is 1. The molecular formula is C31H36F2N6O8S. The highest BCUT2D eigenvalue weighted by molar-refractivity contribution is 7.80. The number of hydrogen-bond acceptors (Lipinski definition) is 9. The van der Waals surface area contributed by atoms with Crippen LogP contribution in [0.15, 0.2) is 18.2 Å². The Balaban J connectivity index is 1.22. The van der Waals surface area contributed by atoms with Crippen LogP contribution >= 0.6 is 12.6 Å². The second-order valence-corrected chi connectivity index (χ2v) is 12.5. The van der Waals surface area contributed by atoms with E-state index in [9.17, 15) is 47.6 Å². The standard InChI is InChI=1S/C31H36F2N6O8S/c32-31(33)11-20(12-34)39(16-31)29(45)24-9-18(27(43)37-24)10-26(42)38-13-17-2-1-3-22(23(17)14-38)28(44)36-7-6-35-25(41)5-4-21(40)8-19(15-48)30(46)47/h1-3,18-20,24,48H,4-11,13-16H2,(H,35,41)(H,36,44)(H,37,43)(H,46,47)/t18-,19?,20-,24-/m0/s1. The number of halogens is 2. The summed E-state index contributed by atoms with van der Waals surface area (Å²) in [6.45, 7) is -0.464. The van der Waals surface area contributed by atoms with Gasteiger partial charge < -0.3 is 30.9 Å². The number of carbonyl (C=O) groups excluding carboxylic acids is 6. The molecule has 4 rings (SSSR count). The van der Waals surface area contributed by atoms with Gasteiger partial charge in [0.1, 0.15) is 17.9 Å². The predicted octanol–water partition coefficient (Wildman–Crippen LogP) is 0.399. The molecule has 0 spiro atoms. The van der Waals surface area contributed by atoms with Crippen LogP contribution in [0.3, 0.4) is 0 Å². The van der Waals surface area contributed by atoms with Crippen LogP contribution in [0.4, 0.5) is 8.78 Å². The number of carboxylic acids is 1. The van der Waals surface area contributed by atoms with Crippen molar-refractivity contribution in [2.75, 3.05) is 25.4 Å². The molecule has 0 aromatic heterocycles. The Labute approximate surface area is 280 Å². The second-order valence-electron chi connectivity index (χ2n) is 12.1. The molecule has 1 aromatic rings. The molecule has 17 heteroatoms. The number of ketones is 1. The first-order valence-electron chi connectivity index (χ1n) is 15.4. The van der Waals surface area contributed by atoms with Crippen LogP contribution in [0, 0.1) is 23.2 Å². The highest BCUT2D eigenvalue weighted by Crippen LogP contribution is 2.34. The number of aliphatic carboxylic acids is 1. The Kier molecular flexibility index (Phi) is 11.7. The molecule has 3 aliphatic heterocycles. The number of hydrogen-bond donors (Lipinski definition) is 5. The van der Waals surface area contributed by atoms with E-state index in [2.05, 4.69) is 28.6 Å². The van der Waals surface area contributed by atoms with Gasteiger partial charge in [-0.2, -0.15) is 17.9 Å². The van der Waals surface area contributed by atoms with Crippen molar-refractivity contribution in [3.63, 3.8) is 0 Å². The molecule has 1 unspecified atom stereocenters. The predicted molar refractivity (Wildman–Crippen MR) is 165 cm³/mol. The summed E-state index contributed by atoms with van der Waals surface area (Å²) in [6.07, 6.45) is -1.53. The third-order valence-electron chi connectivity index (χ3n) is 8.62. The number of nitriles is 1. The zero-order valence-corrected chi connectivity index (χ0v) is 26.8. The van der Waals surface area contributed by atoms with Crippen molar-refractivity contribution in [2.45, 2.75) is 69.6 Å². The fourth-order valence-electron chi connectivity index (χ4n) is 6.01. The largest absolute Gasteiger partial charge is 0.481 e. The van der Waals surface area contributed by atoms with Gasteiger partial charge in [-0.3, -0.25) is 33.6 Å². The molecule has 48 heavy (non-hydrogen) atoms. The number of carbonyl (C=O) groups is 7. The van der Waals surface area contributed by atoms with Gasteiger partial charge >= 0.3 is 5.97 Å². The summed E-state index contributed by atoms with van der Waals surface area (Å²) in [6, 6.07) is 4.31. The summed E-state index contributed by atoms with van der Waals surface area (Å²) in [5.41, 5.74) is 1.68. The summed E-state index contributed by atoms with van der Waals surface area (Å²) in [5.74, 6) is -9.06. The Morgan fingerprint density at radius 2 is 1.85 bits per heavy atom. The first-order valence-corrected chi connectivity index (χ1v) is 16.0. The molecule has 4 atom stereocenters. The maximum atomic E-state index is 13.8. The molecule has 2 fully saturated rings. The summed E-state index contributed by atoms with van der Waals surface area (Å²) in [7, 11) is 0. The number of benzene rings is 1. The SMILES string of the molecule is N#C[C@@H]1CC(F)(F)CN1C(=O)[C@@H]1C[C@@H](CC(=O)N2Cc3cccc(C(=O)NCCNC(=O)CCC(=O)CC(CS)C(=O)O)c3C2)C(=O)N1. The van der Waals surface area contributed by atoms with Gasteiger partial charge in [-0.15, -0.1) is 0 Å². The van der Waals surface area contributed by atoms with E-state index in [4.69, 9.17) is 5.11 Å². The van der Waals surface area contributed by atoms with E-state index in [0.717, 1.165) is 10.5 Å². The third-order valence-corrected chi connectivity index (χ3v) is 9.06. The number of alkyl halides is 2. The molecule has 4 N–H and O–H groups in total. The van der Waals surface area contributed by atoms with Gasteiger partial charge in [-0.05, 0) is 23.6 Å². The van der Waals surface area contributed by atoms with Gasteiger partial charge in [0.05, 0.1) is 18.5 Å². The molecule has 0 saturated carbocycles. The first kappa shape index (κ1) is 36.2. The molecule has 5 amide bonds. The molecule has 0 aliphatic carbocycles. The van der Waals surface area contributed by atoms with Crippen LogP contribution in [0.2, 0.25) is 0 Å². The zero-order valence-electron chi connectivity index (χ0n) is 25.9. The number of nitrogens with one attached hydrogen (secondary N) is 3. The first-order chi connectivity index (χ1) is 22.7. The lowest BCUT2D eigenvalue weighted by atomic mass is 9.99. The van der Waals surface area contributed by atoms with Crippen LogP contribution in [0.1, 0.15) is 60.0 Å². The van der Waals surface area contributed by atoms with E-state index in [1.54, 1.807) is 24.3 Å². The van der Waals surface area contributed by atoms with Crippen LogP contribution in [-0.4, -0.2) is 99.6 Å². The van der Waals surface area contributed by atoms with E-state index in [1.807, 2.05) is 0 Å². The van der Waals surface area contributed by atoms with Crippen molar-refractivity contribution < 1.29 is 47.4 Å². The summed E-state index contributed by atoms with van der Waals surface area (Å²) >= 11 is 3.91. The Bertz CT molecular complexity index is 1530. The van der Waals surface area contributed by atoms with Gasteiger partial charge in [0.25, 0.3) is 11.8 Å². The zero-order chi connectivity index (χ0) is 35.2. The number of nitrogens with zero attached hydrogens (tertiary/aromatic N) is 3. The summed E-state index contributed by atoms with van der Waals surface area (Å²) in [5, 5.41) is 26.0. The fourth-order valence-corrected chi connectivity index (χ4v) is 6.30. The Morgan fingerprint density at radius 1 is 1.12 bits per heavy atom. The van der Waals surface area contributed by atoms with Gasteiger partial charge in [0.15, 0.2) is 0 Å². The van der Waals surface area contributed by atoms with Crippen LogP contribution in [0.25, 0.3) is 0 Å². The lowest BCUT2D eigenvalue weighted by Gasteiger charge is -2.22. The molecule has 258 valence electrons. The highest BCUT2D eigenvalue weighted by Gasteiger charge is 2.50. The molecule has 14 nitrogen and oxygen atoms in total. The molecule has 0 radical (unpaired) electrons. The molecule has 1 aromatic carbocycles. The van der Waals surface area contributed by atoms with Gasteiger partial charge in [0.2, 0.25) is 23.6 Å². The maximum absolute atomic E-state index is 13.8. The average molecular weight is 691 g/mol. The minimum atomic E-state index is -3.20. The number of rotatable bonds is 14. The van der Waals surface area contributed by atoms with Crippen LogP contribution in [0.5, 0.6) is 0 Å². The molecule has 0 bridgehead atoms. The number of fused-ring (bicyclic) bond motifs is 1. The number of carboxylic acid groups (broad SMARTS) is 1. The van der Waals surface area contributed by atoms with Crippen molar-refractivity contribution in [3.05, 3.63) is 34.9 Å². The van der Waals surface area contributed by atoms with Crippen LogP contribution in [-0.2, 0) is 41.9 Å². The number of amides is 5. The molecule has 2 saturated heterocycles. The lowest BCUT2D eigenvalue weighted by Crippen LogP contribution is -2.46. The van der Waals surface area contributed by atoms with E-state index in [-0.39, 0.29) is 69.8 Å². The minimum absolute atomic E-state index is 0.00864. The second kappa shape index (κ2) is 15.5.